The molecule has 2 aromatic heterocycles. The van der Waals surface area contributed by atoms with Gasteiger partial charge in [0.05, 0.1) is 18.1 Å². The molecule has 1 aliphatic heterocycles. The van der Waals surface area contributed by atoms with Crippen LogP contribution in [0.4, 0.5) is 15.4 Å². The molecule has 0 spiro atoms. The number of likely N-dealkylation sites (tertiary alicyclic amines) is 1. The molecule has 3 heterocycles. The standard InChI is InChI=1S/C42H60N6O7Si2/c1-42(2,3)55-40(50)45-38-36(47(28-43-38)30-53-23-25-57(7,8)9)37(49)33-19-17-32(18-20-33)34-26-46(29-52-22-24-56(4,5)6)39(44-34)35-16-13-21-48(35)41(51)54-27-31-14-11-10-12-15-31/h10-12,14-15,17-20,26,28,35H,13,16,21-25,27,29-30H2,1-9H3,(H,45,50)/t35-/m0/s1. The minimum Gasteiger partial charge on any atom is -0.445 e. The zero-order chi connectivity index (χ0) is 41.4. The third-order valence-corrected chi connectivity index (χ3v) is 12.8. The minimum absolute atomic E-state index is 0.0908. The molecule has 1 saturated heterocycles. The largest absolute Gasteiger partial charge is 0.445 e. The van der Waals surface area contributed by atoms with Gasteiger partial charge >= 0.3 is 12.2 Å². The molecule has 0 unspecified atom stereocenters. The van der Waals surface area contributed by atoms with E-state index in [4.69, 9.17) is 23.9 Å². The van der Waals surface area contributed by atoms with Gasteiger partial charge in [-0.2, -0.15) is 0 Å². The second-order valence-electron chi connectivity index (χ2n) is 18.0. The quantitative estimate of drug-likeness (QED) is 0.0627. The van der Waals surface area contributed by atoms with Gasteiger partial charge in [0.25, 0.3) is 0 Å². The van der Waals surface area contributed by atoms with Gasteiger partial charge in [0.2, 0.25) is 5.78 Å². The number of ether oxygens (including phenoxy) is 4. The van der Waals surface area contributed by atoms with Crippen molar-refractivity contribution in [1.82, 2.24) is 24.0 Å². The highest BCUT2D eigenvalue weighted by Gasteiger charge is 2.35. The first-order valence-corrected chi connectivity index (χ1v) is 27.2. The highest BCUT2D eigenvalue weighted by Crippen LogP contribution is 2.34. The first-order valence-electron chi connectivity index (χ1n) is 19.8. The van der Waals surface area contributed by atoms with E-state index < -0.39 is 27.8 Å². The molecule has 15 heteroatoms. The summed E-state index contributed by atoms with van der Waals surface area (Å²) in [5.41, 5.74) is 2.25. The summed E-state index contributed by atoms with van der Waals surface area (Å²) in [5.74, 6) is 0.479. The molecule has 0 radical (unpaired) electrons. The molecule has 4 aromatic rings. The average molecular weight is 817 g/mol. The Hall–Kier alpha value is -4.58. The number of nitrogens with one attached hydrogen (secondary N) is 1. The van der Waals surface area contributed by atoms with Gasteiger partial charge in [-0.3, -0.25) is 15.0 Å². The fraction of sp³-hybridized carbons (Fsp3) is 0.500. The fourth-order valence-corrected chi connectivity index (χ4v) is 7.73. The second kappa shape index (κ2) is 18.8. The van der Waals surface area contributed by atoms with Crippen LogP contribution in [-0.4, -0.2) is 83.5 Å². The molecular weight excluding hydrogens is 757 g/mol. The number of rotatable bonds is 17. The van der Waals surface area contributed by atoms with Crippen LogP contribution in [0.1, 0.15) is 67.1 Å². The summed E-state index contributed by atoms with van der Waals surface area (Å²) in [4.78, 5) is 51.5. The molecule has 0 aliphatic carbocycles. The lowest BCUT2D eigenvalue weighted by Crippen LogP contribution is -2.32. The molecule has 308 valence electrons. The Morgan fingerprint density at radius 1 is 0.860 bits per heavy atom. The Morgan fingerprint density at radius 2 is 1.49 bits per heavy atom. The van der Waals surface area contributed by atoms with E-state index in [1.807, 2.05) is 53.2 Å². The maximum Gasteiger partial charge on any atom is 0.413 e. The lowest BCUT2D eigenvalue weighted by molar-refractivity contribution is 0.0634. The van der Waals surface area contributed by atoms with Crippen molar-refractivity contribution >= 4 is 39.9 Å². The van der Waals surface area contributed by atoms with E-state index in [1.165, 1.54) is 6.33 Å². The van der Waals surface area contributed by atoms with Crippen LogP contribution in [0.15, 0.2) is 67.1 Å². The Labute approximate surface area is 339 Å². The van der Waals surface area contributed by atoms with Crippen molar-refractivity contribution in [1.29, 1.82) is 0 Å². The van der Waals surface area contributed by atoms with Crippen LogP contribution in [0.3, 0.4) is 0 Å². The Morgan fingerprint density at radius 3 is 2.11 bits per heavy atom. The van der Waals surface area contributed by atoms with Gasteiger partial charge < -0.3 is 28.1 Å². The number of hydrogen-bond donors (Lipinski definition) is 1. The van der Waals surface area contributed by atoms with Crippen LogP contribution < -0.4 is 5.32 Å². The van der Waals surface area contributed by atoms with Crippen molar-refractivity contribution in [3.63, 3.8) is 0 Å². The van der Waals surface area contributed by atoms with Gasteiger partial charge in [-0.25, -0.2) is 19.6 Å². The Bertz CT molecular complexity index is 1960. The third-order valence-electron chi connectivity index (χ3n) is 9.37. The van der Waals surface area contributed by atoms with Gasteiger partial charge in [-0.05, 0) is 51.3 Å². The zero-order valence-electron chi connectivity index (χ0n) is 35.1. The molecule has 2 amide bonds. The summed E-state index contributed by atoms with van der Waals surface area (Å²) in [6.45, 7) is 21.4. The van der Waals surface area contributed by atoms with E-state index in [0.717, 1.165) is 41.9 Å². The van der Waals surface area contributed by atoms with Crippen LogP contribution in [0.5, 0.6) is 0 Å². The molecule has 13 nitrogen and oxygen atoms in total. The van der Waals surface area contributed by atoms with Gasteiger partial charge in [0.15, 0.2) is 5.82 Å². The number of aromatic nitrogens is 4. The molecule has 57 heavy (non-hydrogen) atoms. The zero-order valence-corrected chi connectivity index (χ0v) is 37.1. The molecule has 1 atom stereocenters. The fourth-order valence-electron chi connectivity index (χ4n) is 6.22. The summed E-state index contributed by atoms with van der Waals surface area (Å²) in [7, 11) is -2.64. The number of imidazole rings is 2. The second-order valence-corrected chi connectivity index (χ2v) is 29.2. The summed E-state index contributed by atoms with van der Waals surface area (Å²) >= 11 is 0. The SMILES string of the molecule is CC(C)(C)OC(=O)Nc1ncn(COCC[Si](C)(C)C)c1C(=O)c1ccc(-c2cn(COCC[Si](C)(C)C)c([C@@H]3CCCN3C(=O)OCc3ccccc3)n2)cc1. The number of anilines is 1. The van der Waals surface area contributed by atoms with Crippen LogP contribution in [0.2, 0.25) is 51.4 Å². The smallest absolute Gasteiger partial charge is 0.413 e. The third kappa shape index (κ3) is 13.0. The minimum atomic E-state index is -1.33. The van der Waals surface area contributed by atoms with E-state index >= 15 is 0 Å². The summed E-state index contributed by atoms with van der Waals surface area (Å²) < 4.78 is 27.0. The monoisotopic (exact) mass is 816 g/mol. The Balaban J connectivity index is 1.39. The normalized spacial score (nSPS) is 14.8. The maximum absolute atomic E-state index is 14.2. The van der Waals surface area contributed by atoms with Gasteiger partial charge in [-0.15, -0.1) is 0 Å². The van der Waals surface area contributed by atoms with Gasteiger partial charge in [0, 0.05) is 53.2 Å². The molecule has 5 rings (SSSR count). The number of ketones is 1. The number of carbonyl (C=O) groups is 3. The Kier molecular flexibility index (Phi) is 14.4. The number of hydrogen-bond acceptors (Lipinski definition) is 9. The molecule has 1 aliphatic rings. The van der Waals surface area contributed by atoms with Crippen LogP contribution in [-0.2, 0) is 39.0 Å². The van der Waals surface area contributed by atoms with E-state index in [0.29, 0.717) is 37.7 Å². The summed E-state index contributed by atoms with van der Waals surface area (Å²) in [6, 6.07) is 18.5. The van der Waals surface area contributed by atoms with E-state index in [2.05, 4.69) is 49.6 Å². The topological polar surface area (TPSA) is 139 Å². The molecule has 2 aromatic carbocycles. The van der Waals surface area contributed by atoms with Crippen molar-refractivity contribution < 1.29 is 33.3 Å². The van der Waals surface area contributed by atoms with E-state index in [1.54, 1.807) is 42.4 Å². The van der Waals surface area contributed by atoms with Gasteiger partial charge in [0.1, 0.15) is 37.2 Å². The molecule has 1 fully saturated rings. The number of benzene rings is 2. The number of nitrogens with zero attached hydrogens (tertiary/aromatic N) is 5. The van der Waals surface area contributed by atoms with Crippen LogP contribution in [0, 0.1) is 0 Å². The highest BCUT2D eigenvalue weighted by atomic mass is 28.3. The number of carbonyl (C=O) groups excluding carboxylic acids is 3. The molecule has 0 saturated carbocycles. The lowest BCUT2D eigenvalue weighted by Gasteiger charge is -2.24. The van der Waals surface area contributed by atoms with Crippen LogP contribution in [0.25, 0.3) is 11.3 Å². The maximum atomic E-state index is 14.2. The predicted octanol–water partition coefficient (Wildman–Crippen LogP) is 9.42. The molecule has 0 bridgehead atoms. The average Bonchev–Trinajstić information content (AvgIpc) is 3.88. The highest BCUT2D eigenvalue weighted by molar-refractivity contribution is 6.76. The predicted molar refractivity (Wildman–Crippen MR) is 227 cm³/mol. The molecule has 1 N–H and O–H groups in total. The van der Waals surface area contributed by atoms with Crippen LogP contribution >= 0.6 is 0 Å². The van der Waals surface area contributed by atoms with Crippen molar-refractivity contribution in [2.75, 3.05) is 25.1 Å². The van der Waals surface area contributed by atoms with Crippen molar-refractivity contribution in [2.45, 2.75) is 117 Å². The van der Waals surface area contributed by atoms with Crippen molar-refractivity contribution in [2.24, 2.45) is 0 Å². The summed E-state index contributed by atoms with van der Waals surface area (Å²) in [6.07, 6.45) is 3.92. The number of amides is 2. The van der Waals surface area contributed by atoms with Gasteiger partial charge in [-0.1, -0.05) is 93.9 Å². The van der Waals surface area contributed by atoms with Crippen molar-refractivity contribution in [3.05, 3.63) is 89.8 Å². The lowest BCUT2D eigenvalue weighted by atomic mass is 10.0. The van der Waals surface area contributed by atoms with E-state index in [-0.39, 0.29) is 42.8 Å². The van der Waals surface area contributed by atoms with Crippen molar-refractivity contribution in [3.8, 4) is 11.3 Å². The van der Waals surface area contributed by atoms with E-state index in [9.17, 15) is 14.4 Å². The first-order chi connectivity index (χ1) is 26.9. The molecular formula is C42H60N6O7Si2. The first kappa shape index (κ1) is 43.5. The summed E-state index contributed by atoms with van der Waals surface area (Å²) in [5, 5.41) is 2.66.